The van der Waals surface area contributed by atoms with Crippen LogP contribution in [0.2, 0.25) is 5.02 Å². The first-order valence-electron chi connectivity index (χ1n) is 7.95. The molecule has 3 heteroatoms. The van der Waals surface area contributed by atoms with E-state index in [1.807, 2.05) is 6.07 Å². The Hall–Kier alpha value is -0.860. The van der Waals surface area contributed by atoms with Crippen molar-refractivity contribution in [1.82, 2.24) is 5.32 Å². The van der Waals surface area contributed by atoms with E-state index in [-0.39, 0.29) is 10.8 Å². The molecule has 21 heavy (non-hydrogen) atoms. The third-order valence-electron chi connectivity index (χ3n) is 4.14. The van der Waals surface area contributed by atoms with Crippen molar-refractivity contribution in [3.8, 4) is 0 Å². The predicted octanol–water partition coefficient (Wildman–Crippen LogP) is 5.44. The molecular formula is C18H25ClFN. The molecule has 0 aliphatic heterocycles. The summed E-state index contributed by atoms with van der Waals surface area (Å²) in [6.45, 7) is 5.19. The lowest BCUT2D eigenvalue weighted by molar-refractivity contribution is 0.394. The van der Waals surface area contributed by atoms with E-state index < -0.39 is 0 Å². The second-order valence-electron chi connectivity index (χ2n) is 6.26. The minimum absolute atomic E-state index is 0.187. The smallest absolute Gasteiger partial charge is 0.142 e. The summed E-state index contributed by atoms with van der Waals surface area (Å²) in [7, 11) is 0. The fourth-order valence-electron chi connectivity index (χ4n) is 2.92. The van der Waals surface area contributed by atoms with Gasteiger partial charge in [-0.1, -0.05) is 62.4 Å². The van der Waals surface area contributed by atoms with Gasteiger partial charge in [0.25, 0.3) is 0 Å². The fourth-order valence-corrected chi connectivity index (χ4v) is 3.04. The summed E-state index contributed by atoms with van der Waals surface area (Å²) in [6, 6.07) is 5.51. The molecule has 1 saturated carbocycles. The largest absolute Gasteiger partial charge is 0.311 e. The number of benzene rings is 1. The van der Waals surface area contributed by atoms with Gasteiger partial charge in [0.2, 0.25) is 0 Å². The molecule has 1 N–H and O–H groups in total. The van der Waals surface area contributed by atoms with E-state index in [9.17, 15) is 4.39 Å². The Balaban J connectivity index is 2.19. The number of halogens is 2. The predicted molar refractivity (Wildman–Crippen MR) is 89.1 cm³/mol. The maximum atomic E-state index is 13.6. The van der Waals surface area contributed by atoms with Crippen molar-refractivity contribution in [2.75, 3.05) is 6.54 Å². The quantitative estimate of drug-likeness (QED) is 0.763. The topological polar surface area (TPSA) is 12.0 Å². The molecule has 116 valence electrons. The molecule has 1 aliphatic carbocycles. The van der Waals surface area contributed by atoms with Gasteiger partial charge in [-0.3, -0.25) is 0 Å². The highest BCUT2D eigenvalue weighted by Gasteiger charge is 2.18. The van der Waals surface area contributed by atoms with Gasteiger partial charge in [0.15, 0.2) is 0 Å². The maximum Gasteiger partial charge on any atom is 0.142 e. The number of rotatable bonds is 5. The van der Waals surface area contributed by atoms with E-state index in [1.54, 1.807) is 6.07 Å². The van der Waals surface area contributed by atoms with Crippen LogP contribution < -0.4 is 5.32 Å². The molecule has 0 atom stereocenters. The fraction of sp³-hybridized carbons (Fsp3) is 0.556. The van der Waals surface area contributed by atoms with Crippen LogP contribution in [0, 0.1) is 11.7 Å². The van der Waals surface area contributed by atoms with E-state index in [4.69, 9.17) is 11.6 Å². The van der Waals surface area contributed by atoms with Gasteiger partial charge >= 0.3 is 0 Å². The van der Waals surface area contributed by atoms with Crippen LogP contribution in [0.5, 0.6) is 0 Å². The molecule has 0 bridgehead atoms. The SMILES string of the molecule is CC(C)NC/C(=C/c1ccc(Cl)c(F)c1)C1CCCCC1. The zero-order valence-corrected chi connectivity index (χ0v) is 13.7. The van der Waals surface area contributed by atoms with Gasteiger partial charge in [-0.15, -0.1) is 0 Å². The minimum atomic E-state index is -0.342. The lowest BCUT2D eigenvalue weighted by Crippen LogP contribution is -2.27. The summed E-state index contributed by atoms with van der Waals surface area (Å²) >= 11 is 5.76. The average Bonchev–Trinajstić information content (AvgIpc) is 2.48. The van der Waals surface area contributed by atoms with Crippen LogP contribution in [0.1, 0.15) is 51.5 Å². The van der Waals surface area contributed by atoms with Crippen molar-refractivity contribution in [1.29, 1.82) is 0 Å². The zero-order chi connectivity index (χ0) is 15.2. The van der Waals surface area contributed by atoms with Crippen molar-refractivity contribution in [2.45, 2.75) is 52.0 Å². The molecule has 1 fully saturated rings. The average molecular weight is 310 g/mol. The number of hydrogen-bond donors (Lipinski definition) is 1. The summed E-state index contributed by atoms with van der Waals surface area (Å²) in [5.74, 6) is 0.286. The zero-order valence-electron chi connectivity index (χ0n) is 13.0. The third-order valence-corrected chi connectivity index (χ3v) is 4.45. The van der Waals surface area contributed by atoms with Crippen LogP contribution in [0.4, 0.5) is 4.39 Å². The first-order chi connectivity index (χ1) is 10.1. The molecule has 1 aliphatic rings. The van der Waals surface area contributed by atoms with E-state index in [0.717, 1.165) is 12.1 Å². The van der Waals surface area contributed by atoms with Gasteiger partial charge in [-0.25, -0.2) is 4.39 Å². The van der Waals surface area contributed by atoms with E-state index in [0.29, 0.717) is 12.0 Å². The third kappa shape index (κ3) is 5.12. The Labute approximate surface area is 132 Å². The van der Waals surface area contributed by atoms with Crippen molar-refractivity contribution in [3.05, 3.63) is 40.2 Å². The van der Waals surface area contributed by atoms with Crippen molar-refractivity contribution in [3.63, 3.8) is 0 Å². The second-order valence-corrected chi connectivity index (χ2v) is 6.67. The van der Waals surface area contributed by atoms with Crippen LogP contribution >= 0.6 is 11.6 Å². The van der Waals surface area contributed by atoms with Crippen molar-refractivity contribution >= 4 is 17.7 Å². The second kappa shape index (κ2) is 7.95. The Morgan fingerprint density at radius 3 is 2.67 bits per heavy atom. The first-order valence-corrected chi connectivity index (χ1v) is 8.33. The molecule has 0 radical (unpaired) electrons. The molecule has 1 aromatic rings. The van der Waals surface area contributed by atoms with Crippen LogP contribution in [0.15, 0.2) is 23.8 Å². The van der Waals surface area contributed by atoms with Gasteiger partial charge in [0.1, 0.15) is 5.82 Å². The van der Waals surface area contributed by atoms with Gasteiger partial charge in [-0.05, 0) is 36.5 Å². The molecule has 2 rings (SSSR count). The normalized spacial score (nSPS) is 17.5. The Morgan fingerprint density at radius 2 is 2.05 bits per heavy atom. The van der Waals surface area contributed by atoms with Crippen LogP contribution in [-0.2, 0) is 0 Å². The van der Waals surface area contributed by atoms with Gasteiger partial charge in [-0.2, -0.15) is 0 Å². The van der Waals surface area contributed by atoms with Gasteiger partial charge in [0, 0.05) is 12.6 Å². The summed E-state index contributed by atoms with van der Waals surface area (Å²) in [6.07, 6.45) is 8.60. The number of hydrogen-bond acceptors (Lipinski definition) is 1. The summed E-state index contributed by atoms with van der Waals surface area (Å²) in [5.41, 5.74) is 2.30. The Bertz CT molecular complexity index is 490. The standard InChI is InChI=1S/C18H25ClFN/c1-13(2)21-12-16(15-6-4-3-5-7-15)10-14-8-9-17(19)18(20)11-14/h8-11,13,15,21H,3-7,12H2,1-2H3/b16-10-. The van der Waals surface area contributed by atoms with Crippen LogP contribution in [0.3, 0.4) is 0 Å². The minimum Gasteiger partial charge on any atom is -0.311 e. The van der Waals surface area contributed by atoms with E-state index in [2.05, 4.69) is 25.2 Å². The van der Waals surface area contributed by atoms with E-state index >= 15 is 0 Å². The summed E-state index contributed by atoms with van der Waals surface area (Å²) in [5, 5.41) is 3.69. The molecule has 0 spiro atoms. The molecular weight excluding hydrogens is 285 g/mol. The van der Waals surface area contributed by atoms with E-state index in [1.165, 1.54) is 43.7 Å². The summed E-state index contributed by atoms with van der Waals surface area (Å²) in [4.78, 5) is 0. The van der Waals surface area contributed by atoms with Gasteiger partial charge in [0.05, 0.1) is 5.02 Å². The van der Waals surface area contributed by atoms with Gasteiger partial charge < -0.3 is 5.32 Å². The monoisotopic (exact) mass is 309 g/mol. The van der Waals surface area contributed by atoms with Crippen LogP contribution in [0.25, 0.3) is 6.08 Å². The molecule has 1 nitrogen and oxygen atoms in total. The molecule has 0 unspecified atom stereocenters. The Kier molecular flexibility index (Phi) is 6.25. The molecule has 1 aromatic carbocycles. The van der Waals surface area contributed by atoms with Crippen molar-refractivity contribution < 1.29 is 4.39 Å². The highest BCUT2D eigenvalue weighted by atomic mass is 35.5. The maximum absolute atomic E-state index is 13.6. The highest BCUT2D eigenvalue weighted by molar-refractivity contribution is 6.30. The highest BCUT2D eigenvalue weighted by Crippen LogP contribution is 2.31. The van der Waals surface area contributed by atoms with Crippen molar-refractivity contribution in [2.24, 2.45) is 5.92 Å². The summed E-state index contributed by atoms with van der Waals surface area (Å²) < 4.78 is 13.6. The lowest BCUT2D eigenvalue weighted by atomic mass is 9.83. The molecule has 0 heterocycles. The lowest BCUT2D eigenvalue weighted by Gasteiger charge is -2.25. The number of nitrogens with one attached hydrogen (secondary N) is 1. The molecule has 0 aromatic heterocycles. The molecule has 0 saturated heterocycles. The van der Waals surface area contributed by atoms with Crippen LogP contribution in [-0.4, -0.2) is 12.6 Å². The Morgan fingerprint density at radius 1 is 1.33 bits per heavy atom. The molecule has 0 amide bonds. The first kappa shape index (κ1) is 16.5.